The van der Waals surface area contributed by atoms with Crippen molar-refractivity contribution in [3.8, 4) is 0 Å². The van der Waals surface area contributed by atoms with Crippen molar-refractivity contribution in [2.45, 2.75) is 13.8 Å². The first kappa shape index (κ1) is 9.94. The normalized spacial score (nSPS) is 9.36. The van der Waals surface area contributed by atoms with Gasteiger partial charge in [0.25, 0.3) is 0 Å². The summed E-state index contributed by atoms with van der Waals surface area (Å²) in [6, 6.07) is 0. The van der Waals surface area contributed by atoms with Crippen LogP contribution in [-0.4, -0.2) is 25.4 Å². The lowest BCUT2D eigenvalue weighted by molar-refractivity contribution is -0.124. The molecule has 0 aromatic carbocycles. The molecule has 0 aromatic rings. The second-order valence-electron chi connectivity index (χ2n) is 2.52. The zero-order chi connectivity index (χ0) is 8.69. The fraction of sp³-hybridized carbons (Fsp3) is 0.714. The topological polar surface area (TPSA) is 58.2 Å². The highest BCUT2D eigenvalue weighted by atomic mass is 16.2. The third kappa shape index (κ3) is 5.39. The van der Waals surface area contributed by atoms with Gasteiger partial charge in [-0.3, -0.25) is 9.59 Å². The van der Waals surface area contributed by atoms with E-state index < -0.39 is 0 Å². The average molecular weight is 158 g/mol. The molecule has 0 atom stereocenters. The molecule has 0 radical (unpaired) electrons. The summed E-state index contributed by atoms with van der Waals surface area (Å²) in [5.41, 5.74) is 0. The molecule has 0 bridgehead atoms. The third-order valence-electron chi connectivity index (χ3n) is 1.18. The van der Waals surface area contributed by atoms with Gasteiger partial charge < -0.3 is 10.6 Å². The molecule has 0 saturated heterocycles. The van der Waals surface area contributed by atoms with Gasteiger partial charge in [0.05, 0.1) is 0 Å². The second kappa shape index (κ2) is 5.70. The lowest BCUT2D eigenvalue weighted by Crippen LogP contribution is -2.33. The Morgan fingerprint density at radius 2 is 2.09 bits per heavy atom. The molecule has 0 spiro atoms. The molecule has 0 aliphatic carbocycles. The van der Waals surface area contributed by atoms with Crippen LogP contribution in [0.15, 0.2) is 0 Å². The number of hydrogen-bond donors (Lipinski definition) is 2. The van der Waals surface area contributed by atoms with Crippen LogP contribution >= 0.6 is 0 Å². The van der Waals surface area contributed by atoms with Gasteiger partial charge in [-0.15, -0.1) is 0 Å². The van der Waals surface area contributed by atoms with E-state index in [1.807, 2.05) is 13.8 Å². The monoisotopic (exact) mass is 158 g/mol. The summed E-state index contributed by atoms with van der Waals surface area (Å²) in [5, 5.41) is 5.10. The Hall–Kier alpha value is -1.06. The summed E-state index contributed by atoms with van der Waals surface area (Å²) in [5.74, 6) is 0.0175. The SMILES string of the molecule is CC(C)C(=O)NCCNC=O. The minimum absolute atomic E-state index is 0.00577. The summed E-state index contributed by atoms with van der Waals surface area (Å²) < 4.78 is 0. The number of carbonyl (C=O) groups excluding carboxylic acids is 2. The number of amides is 2. The molecule has 0 aromatic heterocycles. The average Bonchev–Trinajstić information content (AvgIpc) is 1.97. The molecular formula is C7H14N2O2. The summed E-state index contributed by atoms with van der Waals surface area (Å²) in [6.45, 7) is 4.63. The standard InChI is InChI=1S/C7H14N2O2/c1-6(2)7(11)9-4-3-8-5-10/h5-6H,3-4H2,1-2H3,(H,8,10)(H,9,11). The second-order valence-corrected chi connectivity index (χ2v) is 2.52. The Morgan fingerprint density at radius 3 is 2.55 bits per heavy atom. The molecule has 2 N–H and O–H groups in total. The Bertz CT molecular complexity index is 134. The largest absolute Gasteiger partial charge is 0.357 e. The predicted molar refractivity (Wildman–Crippen MR) is 41.9 cm³/mol. The maximum absolute atomic E-state index is 10.9. The van der Waals surface area contributed by atoms with E-state index in [1.54, 1.807) is 0 Å². The molecule has 0 aliphatic heterocycles. The van der Waals surface area contributed by atoms with E-state index in [0.29, 0.717) is 19.5 Å². The van der Waals surface area contributed by atoms with Crippen molar-refractivity contribution in [3.63, 3.8) is 0 Å². The van der Waals surface area contributed by atoms with Crippen molar-refractivity contribution < 1.29 is 9.59 Å². The molecule has 0 heterocycles. The summed E-state index contributed by atoms with van der Waals surface area (Å²) in [6.07, 6.45) is 0.613. The van der Waals surface area contributed by atoms with Crippen LogP contribution < -0.4 is 10.6 Å². The molecule has 0 unspecified atom stereocenters. The molecule has 64 valence electrons. The highest BCUT2D eigenvalue weighted by Gasteiger charge is 2.03. The van der Waals surface area contributed by atoms with Crippen LogP contribution in [0.4, 0.5) is 0 Å². The predicted octanol–water partition coefficient (Wildman–Crippen LogP) is -0.495. The Labute approximate surface area is 66.4 Å². The fourth-order valence-corrected chi connectivity index (χ4v) is 0.521. The number of nitrogens with one attached hydrogen (secondary N) is 2. The number of rotatable bonds is 5. The van der Waals surface area contributed by atoms with Crippen LogP contribution in [0.5, 0.6) is 0 Å². The molecule has 4 nitrogen and oxygen atoms in total. The first-order chi connectivity index (χ1) is 5.18. The van der Waals surface area contributed by atoms with Gasteiger partial charge in [-0.2, -0.15) is 0 Å². The van der Waals surface area contributed by atoms with Crippen LogP contribution in [0.3, 0.4) is 0 Å². The van der Waals surface area contributed by atoms with Crippen LogP contribution in [0.2, 0.25) is 0 Å². The van der Waals surface area contributed by atoms with E-state index >= 15 is 0 Å². The van der Waals surface area contributed by atoms with Crippen LogP contribution in [0.25, 0.3) is 0 Å². The van der Waals surface area contributed by atoms with Gasteiger partial charge in [0.1, 0.15) is 0 Å². The third-order valence-corrected chi connectivity index (χ3v) is 1.18. The fourth-order valence-electron chi connectivity index (χ4n) is 0.521. The molecule has 4 heteroatoms. The van der Waals surface area contributed by atoms with Crippen LogP contribution in [0, 0.1) is 5.92 Å². The molecule has 0 rings (SSSR count). The summed E-state index contributed by atoms with van der Waals surface area (Å²) >= 11 is 0. The highest BCUT2D eigenvalue weighted by molar-refractivity contribution is 5.77. The van der Waals surface area contributed by atoms with Gasteiger partial charge in [0, 0.05) is 19.0 Å². The minimum Gasteiger partial charge on any atom is -0.357 e. The van der Waals surface area contributed by atoms with Gasteiger partial charge in [-0.05, 0) is 0 Å². The molecule has 2 amide bonds. The van der Waals surface area contributed by atoms with Gasteiger partial charge in [-0.25, -0.2) is 0 Å². The van der Waals surface area contributed by atoms with Gasteiger partial charge in [-0.1, -0.05) is 13.8 Å². The quantitative estimate of drug-likeness (QED) is 0.419. The van der Waals surface area contributed by atoms with Gasteiger partial charge >= 0.3 is 0 Å². The smallest absolute Gasteiger partial charge is 0.222 e. The lowest BCUT2D eigenvalue weighted by Gasteiger charge is -2.05. The van der Waals surface area contributed by atoms with Gasteiger partial charge in [0.2, 0.25) is 12.3 Å². The zero-order valence-corrected chi connectivity index (χ0v) is 6.89. The van der Waals surface area contributed by atoms with Crippen molar-refractivity contribution in [2.24, 2.45) is 5.92 Å². The van der Waals surface area contributed by atoms with Crippen molar-refractivity contribution in [1.82, 2.24) is 10.6 Å². The zero-order valence-electron chi connectivity index (χ0n) is 6.89. The van der Waals surface area contributed by atoms with E-state index in [0.717, 1.165) is 0 Å². The van der Waals surface area contributed by atoms with Crippen molar-refractivity contribution in [1.29, 1.82) is 0 Å². The molecule has 0 saturated carbocycles. The highest BCUT2D eigenvalue weighted by Crippen LogP contribution is 1.88. The Balaban J connectivity index is 3.24. The van der Waals surface area contributed by atoms with E-state index in [2.05, 4.69) is 10.6 Å². The number of hydrogen-bond acceptors (Lipinski definition) is 2. The Morgan fingerprint density at radius 1 is 1.45 bits per heavy atom. The van der Waals surface area contributed by atoms with Crippen LogP contribution in [-0.2, 0) is 9.59 Å². The van der Waals surface area contributed by atoms with Crippen molar-refractivity contribution >= 4 is 12.3 Å². The molecule has 0 fully saturated rings. The van der Waals surface area contributed by atoms with E-state index in [1.165, 1.54) is 0 Å². The molecule has 0 aliphatic rings. The maximum Gasteiger partial charge on any atom is 0.222 e. The van der Waals surface area contributed by atoms with E-state index in [4.69, 9.17) is 0 Å². The first-order valence-corrected chi connectivity index (χ1v) is 3.63. The van der Waals surface area contributed by atoms with Crippen molar-refractivity contribution in [2.75, 3.05) is 13.1 Å². The maximum atomic E-state index is 10.9. The lowest BCUT2D eigenvalue weighted by atomic mass is 10.2. The molecule has 11 heavy (non-hydrogen) atoms. The van der Waals surface area contributed by atoms with E-state index in [-0.39, 0.29) is 11.8 Å². The summed E-state index contributed by atoms with van der Waals surface area (Å²) in [7, 11) is 0. The summed E-state index contributed by atoms with van der Waals surface area (Å²) in [4.78, 5) is 20.6. The van der Waals surface area contributed by atoms with Gasteiger partial charge in [0.15, 0.2) is 0 Å². The molecular weight excluding hydrogens is 144 g/mol. The minimum atomic E-state index is 0.00577. The number of carbonyl (C=O) groups is 2. The van der Waals surface area contributed by atoms with E-state index in [9.17, 15) is 9.59 Å². The van der Waals surface area contributed by atoms with Crippen LogP contribution in [0.1, 0.15) is 13.8 Å². The van der Waals surface area contributed by atoms with Crippen molar-refractivity contribution in [3.05, 3.63) is 0 Å². The Kier molecular flexibility index (Phi) is 5.15. The first-order valence-electron chi connectivity index (χ1n) is 3.63.